The summed E-state index contributed by atoms with van der Waals surface area (Å²) >= 11 is 0. The Morgan fingerprint density at radius 3 is 0.571 bits per heavy atom. The first-order valence-electron chi connectivity index (χ1n) is 32.0. The van der Waals surface area contributed by atoms with E-state index in [2.05, 4.69) is 20.8 Å². The van der Waals surface area contributed by atoms with Gasteiger partial charge >= 0.3 is 17.9 Å². The van der Waals surface area contributed by atoms with Gasteiger partial charge in [-0.2, -0.15) is 0 Å². The molecule has 0 heterocycles. The molecule has 0 spiro atoms. The molecule has 6 nitrogen and oxygen atoms in total. The number of carbonyl (C=O) groups excluding carboxylic acids is 3. The quantitative estimate of drug-likeness (QED) is 0.0343. The van der Waals surface area contributed by atoms with E-state index in [0.29, 0.717) is 19.3 Å². The zero-order chi connectivity index (χ0) is 50.7. The van der Waals surface area contributed by atoms with Crippen LogP contribution >= 0.6 is 0 Å². The minimum absolute atomic E-state index is 0.0607. The molecule has 1 unspecified atom stereocenters. The molecule has 0 saturated heterocycles. The maximum atomic E-state index is 12.9. The Labute approximate surface area is 438 Å². The molecule has 0 aliphatic carbocycles. The Morgan fingerprint density at radius 1 is 0.229 bits per heavy atom. The van der Waals surface area contributed by atoms with Gasteiger partial charge in [0.15, 0.2) is 6.10 Å². The van der Waals surface area contributed by atoms with Crippen LogP contribution in [0, 0.1) is 0 Å². The van der Waals surface area contributed by atoms with Crippen LogP contribution in [0.25, 0.3) is 0 Å². The average Bonchev–Trinajstić information content (AvgIpc) is 3.36. The third kappa shape index (κ3) is 57.3. The first kappa shape index (κ1) is 68.4. The highest BCUT2D eigenvalue weighted by Crippen LogP contribution is 2.19. The van der Waals surface area contributed by atoms with Crippen LogP contribution in [0.15, 0.2) is 0 Å². The van der Waals surface area contributed by atoms with Gasteiger partial charge in [0.05, 0.1) is 0 Å². The highest BCUT2D eigenvalue weighted by atomic mass is 16.6. The van der Waals surface area contributed by atoms with Crippen molar-refractivity contribution in [2.45, 2.75) is 380 Å². The van der Waals surface area contributed by atoms with Gasteiger partial charge in [-0.25, -0.2) is 0 Å². The monoisotopic (exact) mass is 989 g/mol. The topological polar surface area (TPSA) is 78.9 Å². The van der Waals surface area contributed by atoms with E-state index in [0.717, 1.165) is 57.8 Å². The van der Waals surface area contributed by atoms with Crippen molar-refractivity contribution in [3.05, 3.63) is 0 Å². The van der Waals surface area contributed by atoms with Gasteiger partial charge < -0.3 is 14.2 Å². The van der Waals surface area contributed by atoms with Crippen molar-refractivity contribution < 1.29 is 28.6 Å². The zero-order valence-electron chi connectivity index (χ0n) is 47.8. The molecule has 0 aromatic carbocycles. The summed E-state index contributed by atoms with van der Waals surface area (Å²) in [5.41, 5.74) is 0. The first-order valence-corrected chi connectivity index (χ1v) is 32.0. The average molecular weight is 990 g/mol. The molecule has 0 rings (SSSR count). The summed E-state index contributed by atoms with van der Waals surface area (Å²) in [4.78, 5) is 38.2. The summed E-state index contributed by atoms with van der Waals surface area (Å²) < 4.78 is 16.9. The molecule has 0 aromatic rings. The van der Waals surface area contributed by atoms with Crippen molar-refractivity contribution in [1.82, 2.24) is 0 Å². The minimum Gasteiger partial charge on any atom is -0.462 e. The molecule has 0 aromatic heterocycles. The predicted molar refractivity (Wildman–Crippen MR) is 303 cm³/mol. The van der Waals surface area contributed by atoms with E-state index >= 15 is 0 Å². The second kappa shape index (κ2) is 60.0. The van der Waals surface area contributed by atoms with Gasteiger partial charge in [-0.15, -0.1) is 0 Å². The van der Waals surface area contributed by atoms with Crippen molar-refractivity contribution in [3.8, 4) is 0 Å². The van der Waals surface area contributed by atoms with Crippen LogP contribution in [0.3, 0.4) is 0 Å². The van der Waals surface area contributed by atoms with Gasteiger partial charge in [-0.05, 0) is 19.3 Å². The molecule has 0 fully saturated rings. The molecule has 6 heteroatoms. The standard InChI is InChI=1S/C64H124O6/c1-4-7-10-13-16-19-22-25-27-29-31-32-34-36-38-40-43-45-48-51-54-57-63(66)69-60-61(70-64(67)58-55-52-49-46-41-24-21-18-15-12-9-6-3)59-68-62(65)56-53-50-47-44-42-39-37-35-33-30-28-26-23-20-17-14-11-8-5-2/h61H,4-60H2,1-3H3. The van der Waals surface area contributed by atoms with E-state index in [4.69, 9.17) is 14.2 Å². The SMILES string of the molecule is CCCCCCCCCCCCCCCCCCCCCCCC(=O)OCC(COC(=O)CCCCCCCCCCCCCCCCCCCCC)OC(=O)CCCCCCCCCCCCCC. The first-order chi connectivity index (χ1) is 34.5. The van der Waals surface area contributed by atoms with Crippen LogP contribution in [0.2, 0.25) is 0 Å². The lowest BCUT2D eigenvalue weighted by Gasteiger charge is -2.18. The van der Waals surface area contributed by atoms with E-state index in [-0.39, 0.29) is 31.1 Å². The van der Waals surface area contributed by atoms with Crippen LogP contribution in [0.1, 0.15) is 374 Å². The smallest absolute Gasteiger partial charge is 0.306 e. The summed E-state index contributed by atoms with van der Waals surface area (Å²) in [6, 6.07) is 0. The van der Waals surface area contributed by atoms with Gasteiger partial charge in [-0.3, -0.25) is 14.4 Å². The molecule has 0 bridgehead atoms. The number of rotatable bonds is 60. The van der Waals surface area contributed by atoms with Crippen LogP contribution in [0.4, 0.5) is 0 Å². The molecule has 0 N–H and O–H groups in total. The fourth-order valence-electron chi connectivity index (χ4n) is 10.0. The summed E-state index contributed by atoms with van der Waals surface area (Å²) in [7, 11) is 0. The van der Waals surface area contributed by atoms with Gasteiger partial charge in [0, 0.05) is 19.3 Å². The second-order valence-corrected chi connectivity index (χ2v) is 22.1. The van der Waals surface area contributed by atoms with Crippen LogP contribution in [0.5, 0.6) is 0 Å². The van der Waals surface area contributed by atoms with Gasteiger partial charge in [-0.1, -0.05) is 335 Å². The van der Waals surface area contributed by atoms with E-state index in [1.165, 1.54) is 276 Å². The molecule has 70 heavy (non-hydrogen) atoms. The summed E-state index contributed by atoms with van der Waals surface area (Å²) in [6.07, 6.45) is 68.3. The third-order valence-electron chi connectivity index (χ3n) is 14.9. The number of carbonyl (C=O) groups is 3. The maximum absolute atomic E-state index is 12.9. The van der Waals surface area contributed by atoms with Crippen molar-refractivity contribution in [3.63, 3.8) is 0 Å². The Bertz CT molecular complexity index is 1040. The van der Waals surface area contributed by atoms with E-state index < -0.39 is 6.10 Å². The van der Waals surface area contributed by atoms with Crippen LogP contribution in [-0.4, -0.2) is 37.2 Å². The lowest BCUT2D eigenvalue weighted by molar-refractivity contribution is -0.167. The lowest BCUT2D eigenvalue weighted by Crippen LogP contribution is -2.30. The van der Waals surface area contributed by atoms with Crippen LogP contribution in [-0.2, 0) is 28.6 Å². The Morgan fingerprint density at radius 2 is 0.386 bits per heavy atom. The molecule has 0 aliphatic heterocycles. The second-order valence-electron chi connectivity index (χ2n) is 22.1. The van der Waals surface area contributed by atoms with E-state index in [9.17, 15) is 14.4 Å². The lowest BCUT2D eigenvalue weighted by atomic mass is 10.0. The molecule has 0 aliphatic rings. The fourth-order valence-corrected chi connectivity index (χ4v) is 10.0. The minimum atomic E-state index is -0.762. The van der Waals surface area contributed by atoms with E-state index in [1.54, 1.807) is 0 Å². The third-order valence-corrected chi connectivity index (χ3v) is 14.9. The molecule has 0 saturated carbocycles. The van der Waals surface area contributed by atoms with Gasteiger partial charge in [0.2, 0.25) is 0 Å². The maximum Gasteiger partial charge on any atom is 0.306 e. The number of hydrogen-bond donors (Lipinski definition) is 0. The number of hydrogen-bond acceptors (Lipinski definition) is 6. The molecule has 0 amide bonds. The summed E-state index contributed by atoms with van der Waals surface area (Å²) in [5, 5.41) is 0. The van der Waals surface area contributed by atoms with Crippen LogP contribution < -0.4 is 0 Å². The highest BCUT2D eigenvalue weighted by molar-refractivity contribution is 5.71. The Hall–Kier alpha value is -1.59. The molecule has 0 radical (unpaired) electrons. The number of esters is 3. The van der Waals surface area contributed by atoms with Gasteiger partial charge in [0.25, 0.3) is 0 Å². The highest BCUT2D eigenvalue weighted by Gasteiger charge is 2.19. The molecule has 416 valence electrons. The van der Waals surface area contributed by atoms with E-state index in [1.807, 2.05) is 0 Å². The number of unbranched alkanes of at least 4 members (excludes halogenated alkanes) is 49. The largest absolute Gasteiger partial charge is 0.462 e. The van der Waals surface area contributed by atoms with Gasteiger partial charge in [0.1, 0.15) is 13.2 Å². The number of ether oxygens (including phenoxy) is 3. The summed E-state index contributed by atoms with van der Waals surface area (Å²) in [5.74, 6) is -0.826. The van der Waals surface area contributed by atoms with Crippen molar-refractivity contribution in [2.24, 2.45) is 0 Å². The van der Waals surface area contributed by atoms with Crippen molar-refractivity contribution in [1.29, 1.82) is 0 Å². The molecular weight excluding hydrogens is 865 g/mol. The Kier molecular flexibility index (Phi) is 58.6. The molecular formula is C64H124O6. The predicted octanol–water partition coefficient (Wildman–Crippen LogP) is 21.5. The van der Waals surface area contributed by atoms with Crippen molar-refractivity contribution in [2.75, 3.05) is 13.2 Å². The fraction of sp³-hybridized carbons (Fsp3) is 0.953. The Balaban J connectivity index is 4.20. The van der Waals surface area contributed by atoms with Crippen molar-refractivity contribution >= 4 is 17.9 Å². The zero-order valence-corrected chi connectivity index (χ0v) is 47.8. The summed E-state index contributed by atoms with van der Waals surface area (Å²) in [6.45, 7) is 6.72. The normalized spacial score (nSPS) is 11.9. The molecule has 1 atom stereocenters.